The van der Waals surface area contributed by atoms with E-state index in [0.717, 1.165) is 30.6 Å². The molecule has 2 saturated carbocycles. The van der Waals surface area contributed by atoms with Crippen LogP contribution in [-0.4, -0.2) is 11.1 Å². The third-order valence-corrected chi connectivity index (χ3v) is 6.58. The lowest BCUT2D eigenvalue weighted by Crippen LogP contribution is -2.26. The fourth-order valence-electron chi connectivity index (χ4n) is 5.02. The van der Waals surface area contributed by atoms with Crippen LogP contribution in [0, 0.1) is 29.6 Å². The maximum absolute atomic E-state index is 11.2. The van der Waals surface area contributed by atoms with Gasteiger partial charge in [-0.05, 0) is 36.5 Å². The molecule has 0 bridgehead atoms. The minimum Gasteiger partial charge on any atom is -0.481 e. The molecule has 0 aromatic carbocycles. The zero-order valence-electron chi connectivity index (χ0n) is 15.0. The summed E-state index contributed by atoms with van der Waals surface area (Å²) in [5.41, 5.74) is 0. The topological polar surface area (TPSA) is 37.3 Å². The minimum atomic E-state index is -0.688. The molecular formula is C21H36O2. The van der Waals surface area contributed by atoms with Gasteiger partial charge in [0.05, 0.1) is 5.92 Å². The van der Waals surface area contributed by atoms with Gasteiger partial charge in [0, 0.05) is 0 Å². The Bertz CT molecular complexity index is 360. The van der Waals surface area contributed by atoms with Crippen LogP contribution < -0.4 is 0 Å². The van der Waals surface area contributed by atoms with E-state index in [2.05, 4.69) is 13.5 Å². The van der Waals surface area contributed by atoms with Crippen molar-refractivity contribution in [2.75, 3.05) is 0 Å². The Kier molecular flexibility index (Phi) is 7.65. The van der Waals surface area contributed by atoms with E-state index in [4.69, 9.17) is 0 Å². The lowest BCUT2D eigenvalue weighted by Gasteiger charge is -2.33. The average molecular weight is 321 g/mol. The molecule has 132 valence electrons. The van der Waals surface area contributed by atoms with E-state index in [0.29, 0.717) is 5.92 Å². The number of carbonyl (C=O) groups is 1. The largest absolute Gasteiger partial charge is 0.481 e. The first kappa shape index (κ1) is 18.5. The molecule has 2 aliphatic rings. The Morgan fingerprint density at radius 2 is 1.39 bits per heavy atom. The first-order chi connectivity index (χ1) is 11.1. The van der Waals surface area contributed by atoms with Crippen LogP contribution in [0.2, 0.25) is 0 Å². The van der Waals surface area contributed by atoms with Crippen LogP contribution in [0.1, 0.15) is 84.0 Å². The van der Waals surface area contributed by atoms with Gasteiger partial charge < -0.3 is 5.11 Å². The minimum absolute atomic E-state index is 0.325. The molecule has 2 nitrogen and oxygen atoms in total. The van der Waals surface area contributed by atoms with Crippen LogP contribution >= 0.6 is 0 Å². The van der Waals surface area contributed by atoms with Gasteiger partial charge in [0.25, 0.3) is 0 Å². The zero-order valence-corrected chi connectivity index (χ0v) is 15.0. The van der Waals surface area contributed by atoms with Crippen LogP contribution in [0.5, 0.6) is 0 Å². The predicted octanol–water partition coefficient (Wildman–Crippen LogP) is 6.07. The highest BCUT2D eigenvalue weighted by Gasteiger charge is 2.30. The van der Waals surface area contributed by atoms with Gasteiger partial charge in [-0.25, -0.2) is 0 Å². The highest BCUT2D eigenvalue weighted by molar-refractivity contribution is 5.72. The van der Waals surface area contributed by atoms with E-state index in [9.17, 15) is 9.90 Å². The number of hydrogen-bond donors (Lipinski definition) is 1. The highest BCUT2D eigenvalue weighted by atomic mass is 16.4. The SMILES string of the molecule is C=CC(C(=O)O)C1CCC(CCC2CCC(CCC)CC2)CC1. The maximum Gasteiger partial charge on any atom is 0.310 e. The lowest BCUT2D eigenvalue weighted by molar-refractivity contribution is -0.142. The summed E-state index contributed by atoms with van der Waals surface area (Å²) in [4.78, 5) is 11.2. The molecule has 1 N–H and O–H groups in total. The molecule has 2 fully saturated rings. The Labute approximate surface area is 142 Å². The van der Waals surface area contributed by atoms with Crippen LogP contribution in [0.15, 0.2) is 12.7 Å². The summed E-state index contributed by atoms with van der Waals surface area (Å²) in [7, 11) is 0. The molecule has 1 atom stereocenters. The molecule has 2 aliphatic carbocycles. The summed E-state index contributed by atoms with van der Waals surface area (Å²) in [5.74, 6) is 2.14. The second kappa shape index (κ2) is 9.49. The van der Waals surface area contributed by atoms with Crippen LogP contribution in [-0.2, 0) is 4.79 Å². The number of aliphatic carboxylic acids is 1. The molecule has 23 heavy (non-hydrogen) atoms. The second-order valence-corrected chi connectivity index (χ2v) is 8.13. The van der Waals surface area contributed by atoms with Gasteiger partial charge in [-0.15, -0.1) is 6.58 Å². The Hall–Kier alpha value is -0.790. The fourth-order valence-corrected chi connectivity index (χ4v) is 5.02. The van der Waals surface area contributed by atoms with Gasteiger partial charge in [-0.1, -0.05) is 77.2 Å². The van der Waals surface area contributed by atoms with Gasteiger partial charge in [-0.3, -0.25) is 4.79 Å². The van der Waals surface area contributed by atoms with Crippen molar-refractivity contribution in [3.05, 3.63) is 12.7 Å². The molecule has 0 radical (unpaired) electrons. The van der Waals surface area contributed by atoms with Crippen molar-refractivity contribution < 1.29 is 9.90 Å². The molecule has 0 aliphatic heterocycles. The lowest BCUT2D eigenvalue weighted by atomic mass is 9.72. The number of carboxylic acids is 1. The third-order valence-electron chi connectivity index (χ3n) is 6.58. The average Bonchev–Trinajstić information content (AvgIpc) is 2.56. The predicted molar refractivity (Wildman–Crippen MR) is 96.4 cm³/mol. The molecule has 0 heterocycles. The van der Waals surface area contributed by atoms with Crippen molar-refractivity contribution in [2.45, 2.75) is 84.0 Å². The van der Waals surface area contributed by atoms with Crippen molar-refractivity contribution >= 4 is 5.97 Å². The van der Waals surface area contributed by atoms with Crippen LogP contribution in [0.25, 0.3) is 0 Å². The maximum atomic E-state index is 11.2. The van der Waals surface area contributed by atoms with Crippen LogP contribution in [0.4, 0.5) is 0 Å². The van der Waals surface area contributed by atoms with Gasteiger partial charge in [0.1, 0.15) is 0 Å². The monoisotopic (exact) mass is 320 g/mol. The fraction of sp³-hybridized carbons (Fsp3) is 0.857. The summed E-state index contributed by atoms with van der Waals surface area (Å²) in [6.45, 7) is 6.02. The van der Waals surface area contributed by atoms with Gasteiger partial charge in [0.2, 0.25) is 0 Å². The molecule has 0 saturated heterocycles. The van der Waals surface area contributed by atoms with E-state index in [1.54, 1.807) is 6.08 Å². The van der Waals surface area contributed by atoms with E-state index in [-0.39, 0.29) is 5.92 Å². The first-order valence-electron chi connectivity index (χ1n) is 9.99. The van der Waals surface area contributed by atoms with Gasteiger partial charge in [0.15, 0.2) is 0 Å². The third kappa shape index (κ3) is 5.65. The van der Waals surface area contributed by atoms with Crippen molar-refractivity contribution in [3.8, 4) is 0 Å². The normalized spacial score (nSPS) is 33.1. The molecule has 0 amide bonds. The van der Waals surface area contributed by atoms with Crippen molar-refractivity contribution in [1.82, 2.24) is 0 Å². The van der Waals surface area contributed by atoms with Crippen LogP contribution in [0.3, 0.4) is 0 Å². The van der Waals surface area contributed by atoms with E-state index in [1.165, 1.54) is 64.2 Å². The zero-order chi connectivity index (χ0) is 16.7. The second-order valence-electron chi connectivity index (χ2n) is 8.13. The molecule has 1 unspecified atom stereocenters. The summed E-state index contributed by atoms with van der Waals surface area (Å²) < 4.78 is 0. The number of rotatable bonds is 8. The smallest absolute Gasteiger partial charge is 0.310 e. The number of hydrogen-bond acceptors (Lipinski definition) is 1. The Morgan fingerprint density at radius 1 is 0.957 bits per heavy atom. The van der Waals surface area contributed by atoms with Crippen molar-refractivity contribution in [1.29, 1.82) is 0 Å². The summed E-state index contributed by atoms with van der Waals surface area (Å²) in [5, 5.41) is 9.25. The van der Waals surface area contributed by atoms with E-state index >= 15 is 0 Å². The molecule has 0 aromatic heterocycles. The molecule has 2 rings (SSSR count). The summed E-state index contributed by atoms with van der Waals surface area (Å²) in [6, 6.07) is 0. The van der Waals surface area contributed by atoms with E-state index < -0.39 is 5.97 Å². The number of carboxylic acid groups (broad SMARTS) is 1. The van der Waals surface area contributed by atoms with Gasteiger partial charge >= 0.3 is 5.97 Å². The highest BCUT2D eigenvalue weighted by Crippen LogP contribution is 2.39. The molecule has 0 aromatic rings. The standard InChI is InChI=1S/C21H36O2/c1-3-5-16-6-8-17(9-7-16)10-11-18-12-14-19(15-13-18)20(4-2)21(22)23/h4,16-20H,2-3,5-15H2,1H3,(H,22,23). The molecule has 0 spiro atoms. The summed E-state index contributed by atoms with van der Waals surface area (Å²) in [6.07, 6.45) is 17.7. The van der Waals surface area contributed by atoms with Crippen molar-refractivity contribution in [2.24, 2.45) is 29.6 Å². The quantitative estimate of drug-likeness (QED) is 0.551. The van der Waals surface area contributed by atoms with Gasteiger partial charge in [-0.2, -0.15) is 0 Å². The van der Waals surface area contributed by atoms with Crippen molar-refractivity contribution in [3.63, 3.8) is 0 Å². The summed E-state index contributed by atoms with van der Waals surface area (Å²) >= 11 is 0. The molecule has 2 heteroatoms. The molecular weight excluding hydrogens is 284 g/mol. The Morgan fingerprint density at radius 3 is 1.78 bits per heavy atom. The first-order valence-corrected chi connectivity index (χ1v) is 9.99. The Balaban J connectivity index is 1.63. The van der Waals surface area contributed by atoms with E-state index in [1.807, 2.05) is 0 Å².